The molecule has 176 valence electrons. The first-order valence-corrected chi connectivity index (χ1v) is 11.8. The number of hydrogen-bond acceptors (Lipinski definition) is 6. The summed E-state index contributed by atoms with van der Waals surface area (Å²) in [6.07, 6.45) is -1.09. The van der Waals surface area contributed by atoms with Gasteiger partial charge in [-0.25, -0.2) is 9.78 Å². The van der Waals surface area contributed by atoms with Crippen molar-refractivity contribution in [2.75, 3.05) is 6.61 Å². The lowest BCUT2D eigenvalue weighted by molar-refractivity contribution is -0.137. The summed E-state index contributed by atoms with van der Waals surface area (Å²) in [5, 5.41) is 16.9. The fourth-order valence-corrected chi connectivity index (χ4v) is 4.80. The molecule has 1 heterocycles. The van der Waals surface area contributed by atoms with E-state index in [1.165, 1.54) is 11.3 Å². The van der Waals surface area contributed by atoms with Gasteiger partial charge in [0.25, 0.3) is 0 Å². The van der Waals surface area contributed by atoms with E-state index in [0.29, 0.717) is 0 Å². The number of hydrogen-bond donors (Lipinski definition) is 3. The van der Waals surface area contributed by atoms with E-state index in [-0.39, 0.29) is 31.9 Å². The van der Waals surface area contributed by atoms with E-state index in [4.69, 9.17) is 9.84 Å². The molecule has 0 saturated heterocycles. The zero-order valence-electron chi connectivity index (χ0n) is 18.6. The van der Waals surface area contributed by atoms with Gasteiger partial charge in [-0.05, 0) is 35.6 Å². The molecule has 0 spiro atoms. The van der Waals surface area contributed by atoms with E-state index in [2.05, 4.69) is 15.6 Å². The van der Waals surface area contributed by atoms with E-state index in [0.717, 1.165) is 33.0 Å². The standard InChI is InChI=1S/C25H25N3O5S/c1-15-14-34-22(27-15)12-26-24(31)21(10-11-23(29)30)28-25(32)33-13-20-18-8-4-2-6-16(18)17-7-3-5-9-19(17)20/h2-9,14,20-21H,10-13H2,1H3,(H,26,31)(H,28,32)(H,29,30). The number of thiazole rings is 1. The fraction of sp³-hybridized carbons (Fsp3) is 0.280. The molecule has 1 aliphatic carbocycles. The molecule has 2 amide bonds. The van der Waals surface area contributed by atoms with E-state index in [1.807, 2.05) is 60.8 Å². The van der Waals surface area contributed by atoms with Gasteiger partial charge in [0.05, 0.1) is 6.54 Å². The van der Waals surface area contributed by atoms with Crippen LogP contribution in [-0.2, 0) is 20.9 Å². The van der Waals surface area contributed by atoms with Gasteiger partial charge < -0.3 is 20.5 Å². The molecule has 2 aromatic carbocycles. The molecule has 0 radical (unpaired) electrons. The number of nitrogens with one attached hydrogen (secondary N) is 2. The molecule has 3 N–H and O–H groups in total. The van der Waals surface area contributed by atoms with Gasteiger partial charge in [0.1, 0.15) is 17.7 Å². The maximum Gasteiger partial charge on any atom is 0.407 e. The van der Waals surface area contributed by atoms with Gasteiger partial charge in [-0.3, -0.25) is 9.59 Å². The topological polar surface area (TPSA) is 118 Å². The minimum atomic E-state index is -1.05. The van der Waals surface area contributed by atoms with Crippen molar-refractivity contribution >= 4 is 29.3 Å². The van der Waals surface area contributed by atoms with Crippen molar-refractivity contribution in [2.24, 2.45) is 0 Å². The van der Waals surface area contributed by atoms with Crippen LogP contribution in [0.2, 0.25) is 0 Å². The molecule has 34 heavy (non-hydrogen) atoms. The molecule has 8 nitrogen and oxygen atoms in total. The summed E-state index contributed by atoms with van der Waals surface area (Å²) < 4.78 is 5.51. The molecular formula is C25H25N3O5S. The smallest absolute Gasteiger partial charge is 0.407 e. The molecule has 0 saturated carbocycles. The molecule has 1 atom stereocenters. The van der Waals surface area contributed by atoms with Gasteiger partial charge in [-0.1, -0.05) is 48.5 Å². The largest absolute Gasteiger partial charge is 0.481 e. The summed E-state index contributed by atoms with van der Waals surface area (Å²) in [7, 11) is 0. The lowest BCUT2D eigenvalue weighted by Gasteiger charge is -2.19. The summed E-state index contributed by atoms with van der Waals surface area (Å²) in [5.74, 6) is -1.65. The number of carboxylic acids is 1. The minimum Gasteiger partial charge on any atom is -0.481 e. The molecule has 4 rings (SSSR count). The Morgan fingerprint density at radius 2 is 1.74 bits per heavy atom. The van der Waals surface area contributed by atoms with Crippen molar-refractivity contribution in [3.05, 3.63) is 75.7 Å². The number of carboxylic acid groups (broad SMARTS) is 1. The van der Waals surface area contributed by atoms with Crippen LogP contribution in [0.15, 0.2) is 53.9 Å². The van der Waals surface area contributed by atoms with Crippen LogP contribution in [0.3, 0.4) is 0 Å². The van der Waals surface area contributed by atoms with Crippen molar-refractivity contribution < 1.29 is 24.2 Å². The Morgan fingerprint density at radius 3 is 2.32 bits per heavy atom. The third-order valence-corrected chi connectivity index (χ3v) is 6.65. The van der Waals surface area contributed by atoms with Crippen LogP contribution in [0, 0.1) is 6.92 Å². The minimum absolute atomic E-state index is 0.0533. The number of aromatic nitrogens is 1. The number of aryl methyl sites for hydroxylation is 1. The van der Waals surface area contributed by atoms with Crippen molar-refractivity contribution in [3.8, 4) is 11.1 Å². The van der Waals surface area contributed by atoms with Crippen LogP contribution in [0.5, 0.6) is 0 Å². The number of aliphatic carboxylic acids is 1. The van der Waals surface area contributed by atoms with E-state index < -0.39 is 24.0 Å². The van der Waals surface area contributed by atoms with Gasteiger partial charge >= 0.3 is 12.1 Å². The lowest BCUT2D eigenvalue weighted by Crippen LogP contribution is -2.47. The normalized spacial score (nSPS) is 13.0. The van der Waals surface area contributed by atoms with E-state index in [9.17, 15) is 14.4 Å². The van der Waals surface area contributed by atoms with Gasteiger partial charge in [0.2, 0.25) is 5.91 Å². The zero-order valence-corrected chi connectivity index (χ0v) is 19.4. The van der Waals surface area contributed by atoms with Crippen LogP contribution in [-0.4, -0.2) is 40.7 Å². The molecule has 1 unspecified atom stereocenters. The number of carbonyl (C=O) groups is 3. The maximum atomic E-state index is 12.7. The van der Waals surface area contributed by atoms with Crippen LogP contribution in [0.25, 0.3) is 11.1 Å². The number of alkyl carbamates (subject to hydrolysis) is 1. The second-order valence-corrected chi connectivity index (χ2v) is 9.00. The van der Waals surface area contributed by atoms with Crippen LogP contribution in [0.4, 0.5) is 4.79 Å². The highest BCUT2D eigenvalue weighted by molar-refractivity contribution is 7.09. The van der Waals surface area contributed by atoms with E-state index >= 15 is 0 Å². The van der Waals surface area contributed by atoms with Crippen molar-refractivity contribution in [1.29, 1.82) is 0 Å². The number of benzene rings is 2. The average molecular weight is 480 g/mol. The monoisotopic (exact) mass is 479 g/mol. The molecule has 3 aromatic rings. The van der Waals surface area contributed by atoms with Crippen LogP contribution in [0.1, 0.15) is 40.6 Å². The summed E-state index contributed by atoms with van der Waals surface area (Å²) in [4.78, 5) is 40.6. The van der Waals surface area contributed by atoms with E-state index in [1.54, 1.807) is 0 Å². The van der Waals surface area contributed by atoms with Gasteiger partial charge in [-0.2, -0.15) is 0 Å². The number of carbonyl (C=O) groups excluding carboxylic acids is 2. The summed E-state index contributed by atoms with van der Waals surface area (Å²) in [6.45, 7) is 2.16. The van der Waals surface area contributed by atoms with Crippen molar-refractivity contribution in [3.63, 3.8) is 0 Å². The molecule has 9 heteroatoms. The number of ether oxygens (including phenoxy) is 1. The van der Waals surface area contributed by atoms with Crippen LogP contribution >= 0.6 is 11.3 Å². The first-order chi connectivity index (χ1) is 16.4. The maximum absolute atomic E-state index is 12.7. The Hall–Kier alpha value is -3.72. The first-order valence-electron chi connectivity index (χ1n) is 10.9. The zero-order chi connectivity index (χ0) is 24.1. The number of fused-ring (bicyclic) bond motifs is 3. The summed E-state index contributed by atoms with van der Waals surface area (Å²) in [6, 6.07) is 15.0. The lowest BCUT2D eigenvalue weighted by atomic mass is 9.98. The number of rotatable bonds is 9. The SMILES string of the molecule is Cc1csc(CNC(=O)C(CCC(=O)O)NC(=O)OCC2c3ccccc3-c3ccccc32)n1. The summed E-state index contributed by atoms with van der Waals surface area (Å²) in [5.41, 5.74) is 5.24. The molecule has 1 aliphatic rings. The van der Waals surface area contributed by atoms with Gasteiger partial charge in [-0.15, -0.1) is 11.3 Å². The fourth-order valence-electron chi connectivity index (χ4n) is 4.09. The quantitative estimate of drug-likeness (QED) is 0.429. The number of nitrogens with zero attached hydrogens (tertiary/aromatic N) is 1. The Kier molecular flexibility index (Phi) is 7.22. The predicted molar refractivity (Wildman–Crippen MR) is 128 cm³/mol. The second kappa shape index (κ2) is 10.5. The molecule has 0 fully saturated rings. The van der Waals surface area contributed by atoms with Gasteiger partial charge in [0.15, 0.2) is 0 Å². The molecule has 0 aliphatic heterocycles. The molecular weight excluding hydrogens is 454 g/mol. The molecule has 1 aromatic heterocycles. The highest BCUT2D eigenvalue weighted by Crippen LogP contribution is 2.44. The van der Waals surface area contributed by atoms with Gasteiger partial charge in [0, 0.05) is 23.4 Å². The number of amides is 2. The third-order valence-electron chi connectivity index (χ3n) is 5.68. The Labute approximate surface area is 201 Å². The second-order valence-electron chi connectivity index (χ2n) is 8.06. The molecule has 0 bridgehead atoms. The predicted octanol–water partition coefficient (Wildman–Crippen LogP) is 3.84. The third kappa shape index (κ3) is 5.43. The first kappa shape index (κ1) is 23.4. The van der Waals surface area contributed by atoms with Crippen molar-refractivity contribution in [2.45, 2.75) is 38.3 Å². The highest BCUT2D eigenvalue weighted by Gasteiger charge is 2.30. The summed E-state index contributed by atoms with van der Waals surface area (Å²) >= 11 is 1.41. The highest BCUT2D eigenvalue weighted by atomic mass is 32.1. The average Bonchev–Trinajstić information content (AvgIpc) is 3.39. The Morgan fingerprint density at radius 1 is 1.09 bits per heavy atom. The van der Waals surface area contributed by atoms with Crippen molar-refractivity contribution in [1.82, 2.24) is 15.6 Å². The Bertz CT molecular complexity index is 1160. The van der Waals surface area contributed by atoms with Crippen LogP contribution < -0.4 is 10.6 Å². The Balaban J connectivity index is 1.38.